The van der Waals surface area contributed by atoms with Crippen LogP contribution in [0.1, 0.15) is 7.43 Å². The molecule has 0 saturated heterocycles. The molecule has 4 rings (SSSR count). The minimum atomic E-state index is -1.01. The van der Waals surface area contributed by atoms with Crippen LogP contribution in [0.4, 0.5) is 0 Å². The number of rotatable bonds is 6. The fourth-order valence-corrected chi connectivity index (χ4v) is 2.96. The van der Waals surface area contributed by atoms with Crippen molar-refractivity contribution in [1.29, 1.82) is 0 Å². The third-order valence-electron chi connectivity index (χ3n) is 4.24. The topological polar surface area (TPSA) is 72.6 Å². The van der Waals surface area contributed by atoms with Gasteiger partial charge in [0.2, 0.25) is 5.89 Å². The molecule has 0 aliphatic rings. The van der Waals surface area contributed by atoms with Crippen molar-refractivity contribution in [1.82, 2.24) is 4.98 Å². The van der Waals surface area contributed by atoms with Gasteiger partial charge in [0.15, 0.2) is 6.61 Å². The number of carbonyl (C=O) groups is 1. The summed E-state index contributed by atoms with van der Waals surface area (Å²) in [5.74, 6) is -0.00239. The van der Waals surface area contributed by atoms with Crippen LogP contribution in [0.3, 0.4) is 0 Å². The monoisotopic (exact) mass is 387 g/mol. The first kappa shape index (κ1) is 19.9. The first-order chi connectivity index (χ1) is 13.7. The molecule has 0 bridgehead atoms. The third-order valence-corrected chi connectivity index (χ3v) is 4.24. The van der Waals surface area contributed by atoms with E-state index < -0.39 is 5.97 Å². The van der Waals surface area contributed by atoms with E-state index in [1.807, 2.05) is 72.8 Å². The second-order valence-electron chi connectivity index (χ2n) is 6.16. The van der Waals surface area contributed by atoms with E-state index in [0.29, 0.717) is 11.6 Å². The van der Waals surface area contributed by atoms with E-state index in [-0.39, 0.29) is 14.0 Å². The summed E-state index contributed by atoms with van der Waals surface area (Å²) in [5, 5.41) is 8.80. The molecule has 146 valence electrons. The Morgan fingerprint density at radius 3 is 2.34 bits per heavy atom. The summed E-state index contributed by atoms with van der Waals surface area (Å²) in [4.78, 5) is 15.4. The Hall–Kier alpha value is -3.86. The predicted octanol–water partition coefficient (Wildman–Crippen LogP) is 5.78. The molecule has 0 radical (unpaired) electrons. The number of ether oxygens (including phenoxy) is 1. The Bertz CT molecular complexity index is 1100. The number of hydrogen-bond donors (Lipinski definition) is 1. The zero-order valence-electron chi connectivity index (χ0n) is 14.9. The van der Waals surface area contributed by atoms with Crippen LogP contribution >= 0.6 is 0 Å². The molecule has 1 aromatic heterocycles. The second-order valence-corrected chi connectivity index (χ2v) is 6.16. The average molecular weight is 387 g/mol. The number of nitrogens with zero attached hydrogens (tertiary/aromatic N) is 1. The number of carboxylic acids is 1. The Labute approximate surface area is 169 Å². The third kappa shape index (κ3) is 4.52. The van der Waals surface area contributed by atoms with E-state index in [1.165, 1.54) is 0 Å². The molecule has 3 aromatic carbocycles. The van der Waals surface area contributed by atoms with Crippen LogP contribution < -0.4 is 4.74 Å². The molecule has 0 spiro atoms. The van der Waals surface area contributed by atoms with Crippen LogP contribution in [0.15, 0.2) is 89.5 Å². The van der Waals surface area contributed by atoms with Crippen molar-refractivity contribution in [3.8, 4) is 39.6 Å². The summed E-state index contributed by atoms with van der Waals surface area (Å²) in [6, 6.07) is 24.9. The summed E-state index contributed by atoms with van der Waals surface area (Å²) < 4.78 is 11.1. The zero-order chi connectivity index (χ0) is 19.3. The molecular weight excluding hydrogens is 366 g/mol. The van der Waals surface area contributed by atoms with Gasteiger partial charge in [0, 0.05) is 11.1 Å². The lowest BCUT2D eigenvalue weighted by atomic mass is 9.99. The van der Waals surface area contributed by atoms with E-state index in [1.54, 1.807) is 12.3 Å². The van der Waals surface area contributed by atoms with E-state index >= 15 is 0 Å². The van der Waals surface area contributed by atoms with Gasteiger partial charge < -0.3 is 14.3 Å². The number of oxazole rings is 1. The molecule has 5 nitrogen and oxygen atoms in total. The van der Waals surface area contributed by atoms with Gasteiger partial charge in [-0.05, 0) is 29.3 Å². The first-order valence-electron chi connectivity index (χ1n) is 8.76. The maximum atomic E-state index is 10.7. The smallest absolute Gasteiger partial charge is 0.341 e. The Kier molecular flexibility index (Phi) is 6.09. The standard InChI is InChI=1S/C23H17NO4.CH4/c25-22(26)15-27-18-10-6-9-17(13-18)19-11-4-5-12-20(19)23-24-21(14-28-23)16-7-2-1-3-8-16;/h1-14H,15H2,(H,25,26);1H4. The van der Waals surface area contributed by atoms with E-state index in [2.05, 4.69) is 4.98 Å². The van der Waals surface area contributed by atoms with Gasteiger partial charge in [-0.3, -0.25) is 0 Å². The summed E-state index contributed by atoms with van der Waals surface area (Å²) in [5.41, 5.74) is 4.41. The number of aromatic nitrogens is 1. The van der Waals surface area contributed by atoms with Crippen LogP contribution in [0.25, 0.3) is 33.8 Å². The summed E-state index contributed by atoms with van der Waals surface area (Å²) in [6.45, 7) is -0.384. The number of aliphatic carboxylic acids is 1. The van der Waals surface area contributed by atoms with Crippen LogP contribution in [0.5, 0.6) is 5.75 Å². The maximum Gasteiger partial charge on any atom is 0.341 e. The first-order valence-corrected chi connectivity index (χ1v) is 8.76. The second kappa shape index (κ2) is 8.89. The quantitative estimate of drug-likeness (QED) is 0.454. The lowest BCUT2D eigenvalue weighted by Crippen LogP contribution is -2.09. The van der Waals surface area contributed by atoms with Crippen molar-refractivity contribution in [3.63, 3.8) is 0 Å². The van der Waals surface area contributed by atoms with Gasteiger partial charge >= 0.3 is 5.97 Å². The molecule has 0 fully saturated rings. The molecule has 0 aliphatic carbocycles. The fourth-order valence-electron chi connectivity index (χ4n) is 2.96. The SMILES string of the molecule is C.O=C(O)COc1cccc(-c2ccccc2-c2nc(-c3ccccc3)co2)c1. The van der Waals surface area contributed by atoms with Gasteiger partial charge in [0.25, 0.3) is 0 Å². The number of carboxylic acid groups (broad SMARTS) is 1. The summed E-state index contributed by atoms with van der Waals surface area (Å²) in [7, 11) is 0. The van der Waals surface area contributed by atoms with Crippen molar-refractivity contribution in [2.75, 3.05) is 6.61 Å². The molecule has 1 N–H and O–H groups in total. The highest BCUT2D eigenvalue weighted by Gasteiger charge is 2.14. The molecular formula is C24H21NO4. The van der Waals surface area contributed by atoms with Crippen LogP contribution in [0, 0.1) is 0 Å². The largest absolute Gasteiger partial charge is 0.482 e. The van der Waals surface area contributed by atoms with Crippen LogP contribution in [-0.2, 0) is 4.79 Å². The van der Waals surface area contributed by atoms with Crippen molar-refractivity contribution in [3.05, 3.63) is 85.1 Å². The van der Waals surface area contributed by atoms with Crippen molar-refractivity contribution < 1.29 is 19.1 Å². The van der Waals surface area contributed by atoms with Crippen molar-refractivity contribution in [2.24, 2.45) is 0 Å². The van der Waals surface area contributed by atoms with E-state index in [9.17, 15) is 4.79 Å². The Morgan fingerprint density at radius 2 is 1.59 bits per heavy atom. The predicted molar refractivity (Wildman–Crippen MR) is 113 cm³/mol. The van der Waals surface area contributed by atoms with Gasteiger partial charge in [0.1, 0.15) is 17.7 Å². The van der Waals surface area contributed by atoms with Crippen LogP contribution in [0.2, 0.25) is 0 Å². The maximum absolute atomic E-state index is 10.7. The Morgan fingerprint density at radius 1 is 0.897 bits per heavy atom. The highest BCUT2D eigenvalue weighted by molar-refractivity contribution is 5.81. The molecule has 0 aliphatic heterocycles. The zero-order valence-corrected chi connectivity index (χ0v) is 14.9. The average Bonchev–Trinajstić information content (AvgIpc) is 3.23. The van der Waals surface area contributed by atoms with E-state index in [0.717, 1.165) is 27.9 Å². The lowest BCUT2D eigenvalue weighted by Gasteiger charge is -2.09. The number of benzene rings is 3. The molecule has 0 atom stereocenters. The van der Waals surface area contributed by atoms with Gasteiger partial charge in [-0.2, -0.15) is 0 Å². The van der Waals surface area contributed by atoms with Crippen molar-refractivity contribution in [2.45, 2.75) is 7.43 Å². The minimum Gasteiger partial charge on any atom is -0.482 e. The van der Waals surface area contributed by atoms with Crippen molar-refractivity contribution >= 4 is 5.97 Å². The highest BCUT2D eigenvalue weighted by atomic mass is 16.5. The minimum absolute atomic E-state index is 0. The van der Waals surface area contributed by atoms with Gasteiger partial charge in [0.05, 0.1) is 0 Å². The summed E-state index contributed by atoms with van der Waals surface area (Å²) in [6.07, 6.45) is 1.65. The van der Waals surface area contributed by atoms with Gasteiger partial charge in [-0.25, -0.2) is 9.78 Å². The Balaban J connectivity index is 0.00000240. The fraction of sp³-hybridized carbons (Fsp3) is 0.0833. The lowest BCUT2D eigenvalue weighted by molar-refractivity contribution is -0.139. The highest BCUT2D eigenvalue weighted by Crippen LogP contribution is 2.34. The molecule has 0 saturated carbocycles. The molecule has 0 amide bonds. The molecule has 4 aromatic rings. The van der Waals surface area contributed by atoms with Gasteiger partial charge in [-0.1, -0.05) is 68.1 Å². The molecule has 0 unspecified atom stereocenters. The molecule has 5 heteroatoms. The molecule has 29 heavy (non-hydrogen) atoms. The van der Waals surface area contributed by atoms with Crippen LogP contribution in [-0.4, -0.2) is 22.7 Å². The summed E-state index contributed by atoms with van der Waals surface area (Å²) >= 11 is 0. The van der Waals surface area contributed by atoms with Gasteiger partial charge in [-0.15, -0.1) is 0 Å². The molecule has 1 heterocycles. The normalized spacial score (nSPS) is 10.2. The van der Waals surface area contributed by atoms with E-state index in [4.69, 9.17) is 14.3 Å². The number of hydrogen-bond acceptors (Lipinski definition) is 4.